The molecule has 8 heteroatoms. The van der Waals surface area contributed by atoms with Gasteiger partial charge in [0.1, 0.15) is 0 Å². The van der Waals surface area contributed by atoms with Crippen LogP contribution in [0, 0.1) is 22.5 Å². The van der Waals surface area contributed by atoms with Gasteiger partial charge in [-0.25, -0.2) is 0 Å². The van der Waals surface area contributed by atoms with Crippen LogP contribution in [-0.2, 0) is 4.79 Å². The van der Waals surface area contributed by atoms with Crippen LogP contribution in [0.4, 0.5) is 10.5 Å². The molecule has 1 fully saturated rings. The van der Waals surface area contributed by atoms with Gasteiger partial charge in [-0.2, -0.15) is 0 Å². The minimum atomic E-state index is -0.474. The number of nitro benzene ring substituents is 1. The standard InChI is InChI=1S/C17H11N3O4S/c1-2-8-19-16(21)15(25-17(19)22)11-13-7-4-9-18(13)12-5-3-6-14(10-12)20(23)24/h1,3-7,9-11H,8H2/b15-11+. The van der Waals surface area contributed by atoms with E-state index in [1.54, 1.807) is 41.1 Å². The highest BCUT2D eigenvalue weighted by molar-refractivity contribution is 8.18. The summed E-state index contributed by atoms with van der Waals surface area (Å²) in [5.41, 5.74) is 1.16. The Hall–Kier alpha value is -3.31. The fourth-order valence-electron chi connectivity index (χ4n) is 2.37. The van der Waals surface area contributed by atoms with Crippen molar-refractivity contribution in [2.24, 2.45) is 0 Å². The Balaban J connectivity index is 1.97. The number of carbonyl (C=O) groups is 2. The summed E-state index contributed by atoms with van der Waals surface area (Å²) in [5, 5.41) is 10.5. The van der Waals surface area contributed by atoms with Crippen LogP contribution in [0.25, 0.3) is 11.8 Å². The Bertz CT molecular complexity index is 955. The first-order valence-corrected chi connectivity index (χ1v) is 7.94. The maximum absolute atomic E-state index is 12.2. The fourth-order valence-corrected chi connectivity index (χ4v) is 3.19. The normalized spacial score (nSPS) is 15.6. The summed E-state index contributed by atoms with van der Waals surface area (Å²) in [6.07, 6.45) is 8.46. The number of benzene rings is 1. The third-order valence-electron chi connectivity index (χ3n) is 3.50. The molecule has 1 aliphatic heterocycles. The fraction of sp³-hybridized carbons (Fsp3) is 0.0588. The zero-order valence-electron chi connectivity index (χ0n) is 12.8. The first kappa shape index (κ1) is 16.5. The highest BCUT2D eigenvalue weighted by atomic mass is 32.2. The van der Waals surface area contributed by atoms with Crippen LogP contribution >= 0.6 is 11.8 Å². The van der Waals surface area contributed by atoms with Crippen molar-refractivity contribution in [2.75, 3.05) is 6.54 Å². The van der Waals surface area contributed by atoms with E-state index in [0.717, 1.165) is 16.7 Å². The second-order valence-electron chi connectivity index (χ2n) is 5.05. The molecular formula is C17H11N3O4S. The number of thioether (sulfide) groups is 1. The molecule has 1 aliphatic rings. The van der Waals surface area contributed by atoms with Gasteiger partial charge in [-0.1, -0.05) is 12.0 Å². The van der Waals surface area contributed by atoms with E-state index in [9.17, 15) is 19.7 Å². The van der Waals surface area contributed by atoms with Crippen molar-refractivity contribution in [1.82, 2.24) is 9.47 Å². The first-order chi connectivity index (χ1) is 12.0. The van der Waals surface area contributed by atoms with E-state index in [4.69, 9.17) is 6.42 Å². The van der Waals surface area contributed by atoms with Gasteiger partial charge >= 0.3 is 0 Å². The topological polar surface area (TPSA) is 85.4 Å². The average Bonchev–Trinajstić information content (AvgIpc) is 3.16. The van der Waals surface area contributed by atoms with Crippen LogP contribution in [0.15, 0.2) is 47.5 Å². The van der Waals surface area contributed by atoms with E-state index < -0.39 is 16.1 Å². The molecule has 1 aromatic heterocycles. The molecule has 124 valence electrons. The summed E-state index contributed by atoms with van der Waals surface area (Å²) in [6, 6.07) is 9.62. The molecule has 3 rings (SSSR count). The molecule has 0 bridgehead atoms. The average molecular weight is 353 g/mol. The van der Waals surface area contributed by atoms with Crippen LogP contribution in [-0.4, -0.2) is 32.1 Å². The van der Waals surface area contributed by atoms with Crippen molar-refractivity contribution in [2.45, 2.75) is 0 Å². The second kappa shape index (κ2) is 6.67. The highest BCUT2D eigenvalue weighted by Gasteiger charge is 2.34. The van der Waals surface area contributed by atoms with Gasteiger partial charge in [0.05, 0.1) is 22.1 Å². The first-order valence-electron chi connectivity index (χ1n) is 7.12. The zero-order valence-corrected chi connectivity index (χ0v) is 13.6. The molecule has 0 N–H and O–H groups in total. The predicted molar refractivity (Wildman–Crippen MR) is 93.9 cm³/mol. The summed E-state index contributed by atoms with van der Waals surface area (Å²) in [5.74, 6) is 1.83. The number of terminal acetylenes is 1. The minimum Gasteiger partial charge on any atom is -0.317 e. The SMILES string of the molecule is C#CCN1C(=O)S/C(=C/c2cccn2-c2cccc([N+](=O)[O-])c2)C1=O. The van der Waals surface area contributed by atoms with Crippen LogP contribution < -0.4 is 0 Å². The predicted octanol–water partition coefficient (Wildman–Crippen LogP) is 3.06. The largest absolute Gasteiger partial charge is 0.317 e. The quantitative estimate of drug-likeness (QED) is 0.365. The monoisotopic (exact) mass is 353 g/mol. The molecule has 0 atom stereocenters. The summed E-state index contributed by atoms with van der Waals surface area (Å²) in [4.78, 5) is 35.8. The number of imide groups is 1. The lowest BCUT2D eigenvalue weighted by Crippen LogP contribution is -2.28. The van der Waals surface area contributed by atoms with E-state index >= 15 is 0 Å². The second-order valence-corrected chi connectivity index (χ2v) is 6.05. The molecule has 1 aromatic carbocycles. The van der Waals surface area contributed by atoms with E-state index in [1.807, 2.05) is 0 Å². The van der Waals surface area contributed by atoms with Crippen molar-refractivity contribution < 1.29 is 14.5 Å². The molecule has 0 aliphatic carbocycles. The minimum absolute atomic E-state index is 0.0357. The molecule has 1 saturated heterocycles. The van der Waals surface area contributed by atoms with Crippen molar-refractivity contribution in [3.8, 4) is 18.0 Å². The summed E-state index contributed by atoms with van der Waals surface area (Å²) < 4.78 is 1.70. The number of non-ortho nitro benzene ring substituents is 1. The Morgan fingerprint density at radius 3 is 2.80 bits per heavy atom. The third-order valence-corrected chi connectivity index (χ3v) is 4.41. The Labute approximate surface area is 147 Å². The molecule has 0 saturated carbocycles. The maximum atomic E-state index is 12.2. The lowest BCUT2D eigenvalue weighted by Gasteiger charge is -2.08. The molecule has 2 heterocycles. The van der Waals surface area contributed by atoms with Gasteiger partial charge in [0.25, 0.3) is 16.8 Å². The molecule has 7 nitrogen and oxygen atoms in total. The molecular weight excluding hydrogens is 342 g/mol. The number of nitrogens with zero attached hydrogens (tertiary/aromatic N) is 3. The third kappa shape index (κ3) is 3.18. The molecule has 0 spiro atoms. The van der Waals surface area contributed by atoms with Gasteiger partial charge in [0.15, 0.2) is 0 Å². The molecule has 0 radical (unpaired) electrons. The Kier molecular flexibility index (Phi) is 4.41. The van der Waals surface area contributed by atoms with E-state index in [1.165, 1.54) is 12.1 Å². The van der Waals surface area contributed by atoms with Gasteiger partial charge in [-0.05, 0) is 36.0 Å². The van der Waals surface area contributed by atoms with E-state index in [-0.39, 0.29) is 17.1 Å². The van der Waals surface area contributed by atoms with Gasteiger partial charge in [-0.3, -0.25) is 24.6 Å². The number of carbonyl (C=O) groups excluding carboxylic acids is 2. The highest BCUT2D eigenvalue weighted by Crippen LogP contribution is 2.32. The lowest BCUT2D eigenvalue weighted by molar-refractivity contribution is -0.384. The van der Waals surface area contributed by atoms with Crippen molar-refractivity contribution in [1.29, 1.82) is 0 Å². The molecule has 2 amide bonds. The lowest BCUT2D eigenvalue weighted by atomic mass is 10.2. The zero-order chi connectivity index (χ0) is 18.0. The van der Waals surface area contributed by atoms with Crippen molar-refractivity contribution >= 4 is 34.7 Å². The van der Waals surface area contributed by atoms with Crippen LogP contribution in [0.2, 0.25) is 0 Å². The molecule has 2 aromatic rings. The van der Waals surface area contributed by atoms with Crippen LogP contribution in [0.3, 0.4) is 0 Å². The number of aromatic nitrogens is 1. The number of amides is 2. The van der Waals surface area contributed by atoms with Gasteiger partial charge in [-0.15, -0.1) is 6.42 Å². The van der Waals surface area contributed by atoms with Crippen molar-refractivity contribution in [3.05, 3.63) is 63.3 Å². The Morgan fingerprint density at radius 1 is 1.28 bits per heavy atom. The van der Waals surface area contributed by atoms with Crippen LogP contribution in [0.5, 0.6) is 0 Å². The number of hydrogen-bond acceptors (Lipinski definition) is 5. The number of nitro groups is 1. The molecule has 25 heavy (non-hydrogen) atoms. The summed E-state index contributed by atoms with van der Waals surface area (Å²) >= 11 is 0.813. The van der Waals surface area contributed by atoms with Gasteiger partial charge < -0.3 is 4.57 Å². The summed E-state index contributed by atoms with van der Waals surface area (Å²) in [7, 11) is 0. The Morgan fingerprint density at radius 2 is 2.08 bits per heavy atom. The number of hydrogen-bond donors (Lipinski definition) is 0. The molecule has 0 unspecified atom stereocenters. The van der Waals surface area contributed by atoms with E-state index in [2.05, 4.69) is 5.92 Å². The van der Waals surface area contributed by atoms with Crippen molar-refractivity contribution in [3.63, 3.8) is 0 Å². The van der Waals surface area contributed by atoms with Crippen LogP contribution in [0.1, 0.15) is 5.69 Å². The van der Waals surface area contributed by atoms with Gasteiger partial charge in [0.2, 0.25) is 0 Å². The number of rotatable bonds is 4. The maximum Gasteiger partial charge on any atom is 0.294 e. The summed E-state index contributed by atoms with van der Waals surface area (Å²) in [6.45, 7) is -0.0755. The smallest absolute Gasteiger partial charge is 0.294 e. The van der Waals surface area contributed by atoms with Gasteiger partial charge in [0, 0.05) is 24.0 Å². The van der Waals surface area contributed by atoms with E-state index in [0.29, 0.717) is 11.4 Å².